The summed E-state index contributed by atoms with van der Waals surface area (Å²) in [6.45, 7) is -0.457. The van der Waals surface area contributed by atoms with Gasteiger partial charge in [-0.1, -0.05) is 206 Å². The number of hydrogen-bond acceptors (Lipinski definition) is 5. The van der Waals surface area contributed by atoms with Gasteiger partial charge in [-0.2, -0.15) is 0 Å². The third-order valence-electron chi connectivity index (χ3n) is 11.9. The molecule has 0 atom stereocenters. The second-order valence-electron chi connectivity index (χ2n) is 15.7. The first-order valence-electron chi connectivity index (χ1n) is 21.0. The number of para-hydroxylation sites is 1. The van der Waals surface area contributed by atoms with Gasteiger partial charge in [-0.05, 0) is 104 Å². The van der Waals surface area contributed by atoms with Crippen LogP contribution in [0.4, 0.5) is 17.1 Å². The van der Waals surface area contributed by atoms with E-state index in [0.717, 1.165) is 89.4 Å². The van der Waals surface area contributed by atoms with E-state index >= 15 is 0 Å². The molecule has 1 saturated heterocycles. The lowest BCUT2D eigenvalue weighted by atomic mass is 9.62. The summed E-state index contributed by atoms with van der Waals surface area (Å²) < 4.78 is 0.244. The van der Waals surface area contributed by atoms with E-state index < -0.39 is 23.8 Å². The minimum absolute atomic E-state index is 0.244. The molecule has 8 aromatic carbocycles. The van der Waals surface area contributed by atoms with Gasteiger partial charge < -0.3 is 10.0 Å². The monoisotopic (exact) mass is 864 g/mol. The molecule has 0 spiro atoms. The summed E-state index contributed by atoms with van der Waals surface area (Å²) in [4.78, 5) is 28.3. The standard InChI is InChI=1S/C57H40N2O3S2/c60-54(61)38-58-55(62)53(64-56(58)63)36-40-25-29-41(30-26-40)44-31-34-52-50(37-44)57(45-19-9-3-10-20-45,46-21-11-4-12-22-46)49-23-13-14-24-51(49)59(52)47-32-27-39(28-33-47)35-48(42-15-5-1-6-16-42)43-17-7-2-8-18-43/h1-37H,38H2,(H,60,61)/b53-36-. The number of carboxylic acids is 1. The van der Waals surface area contributed by atoms with E-state index in [2.05, 4.69) is 211 Å². The van der Waals surface area contributed by atoms with Crippen molar-refractivity contribution in [3.63, 3.8) is 0 Å². The molecule has 1 fully saturated rings. The van der Waals surface area contributed by atoms with Gasteiger partial charge in [-0.15, -0.1) is 0 Å². The summed E-state index contributed by atoms with van der Waals surface area (Å²) in [6.07, 6.45) is 4.04. The number of rotatable bonds is 10. The number of benzene rings is 8. The van der Waals surface area contributed by atoms with Gasteiger partial charge in [-0.3, -0.25) is 14.5 Å². The van der Waals surface area contributed by atoms with Crippen molar-refractivity contribution in [2.24, 2.45) is 0 Å². The van der Waals surface area contributed by atoms with Crippen LogP contribution in [-0.2, 0) is 15.0 Å². The van der Waals surface area contributed by atoms with E-state index in [1.165, 1.54) is 5.56 Å². The number of amides is 1. The van der Waals surface area contributed by atoms with Crippen molar-refractivity contribution < 1.29 is 14.7 Å². The van der Waals surface area contributed by atoms with Crippen LogP contribution in [0.5, 0.6) is 0 Å². The van der Waals surface area contributed by atoms with E-state index in [4.69, 9.17) is 12.2 Å². The van der Waals surface area contributed by atoms with Gasteiger partial charge in [0.2, 0.25) is 0 Å². The van der Waals surface area contributed by atoms with Crippen LogP contribution in [0.2, 0.25) is 0 Å². The maximum atomic E-state index is 13.0. The normalized spacial score (nSPS) is 14.5. The van der Waals surface area contributed by atoms with Gasteiger partial charge >= 0.3 is 5.97 Å². The molecule has 0 aliphatic carbocycles. The Kier molecular flexibility index (Phi) is 10.9. The second-order valence-corrected chi connectivity index (χ2v) is 17.4. The largest absolute Gasteiger partial charge is 0.480 e. The first-order chi connectivity index (χ1) is 31.4. The zero-order valence-electron chi connectivity index (χ0n) is 34.5. The smallest absolute Gasteiger partial charge is 0.323 e. The van der Waals surface area contributed by atoms with E-state index in [0.29, 0.717) is 4.91 Å². The highest BCUT2D eigenvalue weighted by Crippen LogP contribution is 2.58. The van der Waals surface area contributed by atoms with Crippen molar-refractivity contribution in [3.8, 4) is 11.1 Å². The van der Waals surface area contributed by atoms with Crippen LogP contribution < -0.4 is 4.90 Å². The predicted octanol–water partition coefficient (Wildman–Crippen LogP) is 13.4. The third-order valence-corrected chi connectivity index (χ3v) is 13.3. The molecule has 2 heterocycles. The van der Waals surface area contributed by atoms with Crippen LogP contribution in [0.3, 0.4) is 0 Å². The molecule has 10 rings (SSSR count). The minimum Gasteiger partial charge on any atom is -0.480 e. The molecule has 0 radical (unpaired) electrons. The van der Waals surface area contributed by atoms with Crippen LogP contribution in [0, 0.1) is 0 Å². The van der Waals surface area contributed by atoms with Gasteiger partial charge in [-0.25, -0.2) is 0 Å². The number of carboxylic acid groups (broad SMARTS) is 1. The number of thiocarbonyl (C=S) groups is 1. The summed E-state index contributed by atoms with van der Waals surface area (Å²) in [7, 11) is 0. The number of thioether (sulfide) groups is 1. The molecule has 1 amide bonds. The fourth-order valence-electron chi connectivity index (χ4n) is 9.06. The summed E-state index contributed by atoms with van der Waals surface area (Å²) in [6, 6.07) is 75.2. The van der Waals surface area contributed by atoms with Gasteiger partial charge in [0.1, 0.15) is 10.9 Å². The molecular weight excluding hydrogens is 825 g/mol. The average molecular weight is 865 g/mol. The van der Waals surface area contributed by atoms with Gasteiger partial charge in [0.25, 0.3) is 5.91 Å². The van der Waals surface area contributed by atoms with Crippen LogP contribution in [0.1, 0.15) is 44.5 Å². The Balaban J connectivity index is 1.11. The first kappa shape index (κ1) is 40.5. The fourth-order valence-corrected chi connectivity index (χ4v) is 10.3. The molecule has 7 heteroatoms. The SMILES string of the molecule is O=C(O)CN1C(=O)/C(=C/c2ccc(-c3ccc4c(c3)C(c3ccccc3)(c3ccccc3)c3ccccc3N4c3ccc(C=C(c4ccccc4)c4ccccc4)cc3)cc2)SC1=S. The fraction of sp³-hybridized carbons (Fsp3) is 0.0351. The molecule has 64 heavy (non-hydrogen) atoms. The Labute approximate surface area is 382 Å². The number of hydrogen-bond donors (Lipinski definition) is 1. The Morgan fingerprint density at radius 2 is 1.09 bits per heavy atom. The molecule has 0 saturated carbocycles. The molecule has 0 unspecified atom stereocenters. The highest BCUT2D eigenvalue weighted by molar-refractivity contribution is 8.26. The summed E-state index contributed by atoms with van der Waals surface area (Å²) in [5.74, 6) is -1.50. The second kappa shape index (κ2) is 17.3. The number of fused-ring (bicyclic) bond motifs is 2. The van der Waals surface area contributed by atoms with Crippen molar-refractivity contribution in [2.75, 3.05) is 11.4 Å². The highest BCUT2D eigenvalue weighted by atomic mass is 32.2. The van der Waals surface area contributed by atoms with Gasteiger partial charge in [0.05, 0.1) is 21.7 Å². The molecular formula is C57H40N2O3S2. The zero-order chi connectivity index (χ0) is 43.6. The van der Waals surface area contributed by atoms with E-state index in [9.17, 15) is 14.7 Å². The molecule has 2 aliphatic rings. The zero-order valence-corrected chi connectivity index (χ0v) is 36.2. The molecule has 0 aromatic heterocycles. The Morgan fingerprint density at radius 1 is 0.578 bits per heavy atom. The highest BCUT2D eigenvalue weighted by Gasteiger charge is 2.46. The maximum absolute atomic E-state index is 13.0. The Morgan fingerprint density at radius 3 is 1.69 bits per heavy atom. The van der Waals surface area contributed by atoms with E-state index in [1.54, 1.807) is 6.08 Å². The third kappa shape index (κ3) is 7.45. The lowest BCUT2D eigenvalue weighted by Crippen LogP contribution is -2.37. The molecule has 0 bridgehead atoms. The lowest BCUT2D eigenvalue weighted by Gasteiger charge is -2.46. The van der Waals surface area contributed by atoms with Gasteiger partial charge in [0.15, 0.2) is 0 Å². The average Bonchev–Trinajstić information content (AvgIpc) is 3.60. The van der Waals surface area contributed by atoms with Crippen molar-refractivity contribution in [3.05, 3.63) is 262 Å². The summed E-state index contributed by atoms with van der Waals surface area (Å²) in [5.41, 5.74) is 14.7. The number of carbonyl (C=O) groups is 2. The number of aliphatic carboxylic acids is 1. The molecule has 5 nitrogen and oxygen atoms in total. The summed E-state index contributed by atoms with van der Waals surface area (Å²) in [5, 5.41) is 9.30. The van der Waals surface area contributed by atoms with Crippen LogP contribution >= 0.6 is 24.0 Å². The minimum atomic E-state index is -1.11. The number of carbonyl (C=O) groups excluding carboxylic acids is 1. The Hall–Kier alpha value is -7.58. The molecule has 308 valence electrons. The van der Waals surface area contributed by atoms with Crippen molar-refractivity contribution in [2.45, 2.75) is 5.41 Å². The van der Waals surface area contributed by atoms with Crippen LogP contribution in [-0.4, -0.2) is 32.7 Å². The topological polar surface area (TPSA) is 60.9 Å². The van der Waals surface area contributed by atoms with Crippen LogP contribution in [0.25, 0.3) is 28.9 Å². The quantitative estimate of drug-likeness (QED) is 0.0839. The predicted molar refractivity (Wildman–Crippen MR) is 266 cm³/mol. The first-order valence-corrected chi connectivity index (χ1v) is 22.3. The Bertz CT molecular complexity index is 3020. The maximum Gasteiger partial charge on any atom is 0.323 e. The van der Waals surface area contributed by atoms with E-state index in [1.807, 2.05) is 12.1 Å². The van der Waals surface area contributed by atoms with Crippen LogP contribution in [0.15, 0.2) is 217 Å². The molecule has 1 N–H and O–H groups in total. The molecule has 2 aliphatic heterocycles. The number of anilines is 3. The lowest BCUT2D eigenvalue weighted by molar-refractivity contribution is -0.140. The van der Waals surface area contributed by atoms with Crippen molar-refractivity contribution in [1.29, 1.82) is 0 Å². The number of nitrogens with zero attached hydrogens (tertiary/aromatic N) is 2. The van der Waals surface area contributed by atoms with Crippen molar-refractivity contribution in [1.82, 2.24) is 4.90 Å². The summed E-state index contributed by atoms with van der Waals surface area (Å²) >= 11 is 6.45. The van der Waals surface area contributed by atoms with E-state index in [-0.39, 0.29) is 4.32 Å². The van der Waals surface area contributed by atoms with Crippen molar-refractivity contribution >= 4 is 75.0 Å². The van der Waals surface area contributed by atoms with Gasteiger partial charge in [0, 0.05) is 5.69 Å². The molecule has 8 aromatic rings.